The van der Waals surface area contributed by atoms with Crippen LogP contribution in [0.3, 0.4) is 0 Å². The number of nitrogen functional groups attached to an aromatic ring is 1. The van der Waals surface area contributed by atoms with E-state index in [1.54, 1.807) is 0 Å². The van der Waals surface area contributed by atoms with Crippen LogP contribution in [0.1, 0.15) is 12.6 Å². The molecule has 4 N–H and O–H groups in total. The lowest BCUT2D eigenvalue weighted by Gasteiger charge is -2.00. The molecule has 56 valence electrons. The van der Waals surface area contributed by atoms with Crippen LogP contribution in [-0.4, -0.2) is 4.57 Å². The van der Waals surface area contributed by atoms with Gasteiger partial charge in [-0.3, -0.25) is 0 Å². The van der Waals surface area contributed by atoms with Crippen molar-refractivity contribution in [1.82, 2.24) is 4.57 Å². The predicted molar refractivity (Wildman–Crippen MR) is 42.4 cm³/mol. The summed E-state index contributed by atoms with van der Waals surface area (Å²) in [6.45, 7) is 3.56. The molecule has 0 aliphatic heterocycles. The maximum absolute atomic E-state index is 5.55. The lowest BCUT2D eigenvalue weighted by atomic mass is 10.4. The Bertz CT molecular complexity index is 193. The van der Waals surface area contributed by atoms with Gasteiger partial charge in [-0.25, -0.2) is 0 Å². The molecule has 0 spiro atoms. The highest BCUT2D eigenvalue weighted by Crippen LogP contribution is 2.08. The highest BCUT2D eigenvalue weighted by molar-refractivity contribution is 5.38. The van der Waals surface area contributed by atoms with Gasteiger partial charge in [0.1, 0.15) is 0 Å². The standard InChI is InChI=1S/C7H13N3/c1-2-10-5-6(9)3-7(10)4-8/h3,5H,2,4,8-9H2,1H3. The van der Waals surface area contributed by atoms with E-state index in [0.29, 0.717) is 6.54 Å². The second kappa shape index (κ2) is 2.75. The van der Waals surface area contributed by atoms with Crippen LogP contribution < -0.4 is 11.5 Å². The van der Waals surface area contributed by atoms with Crippen LogP contribution in [0.15, 0.2) is 12.3 Å². The Labute approximate surface area is 60.6 Å². The molecule has 1 rings (SSSR count). The Morgan fingerprint density at radius 2 is 2.30 bits per heavy atom. The van der Waals surface area contributed by atoms with Gasteiger partial charge in [-0.15, -0.1) is 0 Å². The summed E-state index contributed by atoms with van der Waals surface area (Å²) < 4.78 is 2.05. The van der Waals surface area contributed by atoms with Crippen molar-refractivity contribution >= 4 is 5.69 Å². The third-order valence-corrected chi connectivity index (χ3v) is 1.56. The fourth-order valence-corrected chi connectivity index (χ4v) is 1.05. The molecule has 10 heavy (non-hydrogen) atoms. The van der Waals surface area contributed by atoms with Crippen molar-refractivity contribution in [3.63, 3.8) is 0 Å². The van der Waals surface area contributed by atoms with Gasteiger partial charge in [-0.2, -0.15) is 0 Å². The Balaban J connectivity index is 2.96. The Kier molecular flexibility index (Phi) is 1.97. The summed E-state index contributed by atoms with van der Waals surface area (Å²) in [6, 6.07) is 1.91. The number of hydrogen-bond acceptors (Lipinski definition) is 2. The van der Waals surface area contributed by atoms with Gasteiger partial charge in [0.15, 0.2) is 0 Å². The van der Waals surface area contributed by atoms with Gasteiger partial charge < -0.3 is 16.0 Å². The summed E-state index contributed by atoms with van der Waals surface area (Å²) in [6.07, 6.45) is 1.90. The Morgan fingerprint density at radius 3 is 2.70 bits per heavy atom. The van der Waals surface area contributed by atoms with Crippen molar-refractivity contribution < 1.29 is 0 Å². The molecule has 0 saturated heterocycles. The fourth-order valence-electron chi connectivity index (χ4n) is 1.05. The monoisotopic (exact) mass is 139 g/mol. The molecule has 0 aliphatic rings. The van der Waals surface area contributed by atoms with Crippen LogP contribution in [-0.2, 0) is 13.1 Å². The molecule has 0 radical (unpaired) electrons. The van der Waals surface area contributed by atoms with Gasteiger partial charge >= 0.3 is 0 Å². The van der Waals surface area contributed by atoms with Crippen molar-refractivity contribution in [2.75, 3.05) is 5.73 Å². The quantitative estimate of drug-likeness (QED) is 0.628. The molecular formula is C7H13N3. The number of aromatic nitrogens is 1. The lowest BCUT2D eigenvalue weighted by molar-refractivity contribution is 0.716. The van der Waals surface area contributed by atoms with E-state index in [9.17, 15) is 0 Å². The van der Waals surface area contributed by atoms with E-state index in [4.69, 9.17) is 11.5 Å². The van der Waals surface area contributed by atoms with Gasteiger partial charge in [-0.1, -0.05) is 0 Å². The van der Waals surface area contributed by atoms with E-state index in [0.717, 1.165) is 17.9 Å². The minimum Gasteiger partial charge on any atom is -0.397 e. The number of rotatable bonds is 2. The van der Waals surface area contributed by atoms with Crippen molar-refractivity contribution in [2.45, 2.75) is 20.0 Å². The molecule has 0 aromatic carbocycles. The average molecular weight is 139 g/mol. The first kappa shape index (κ1) is 7.15. The molecule has 0 atom stereocenters. The van der Waals surface area contributed by atoms with E-state index in [1.165, 1.54) is 0 Å². The molecule has 1 aromatic rings. The second-order valence-corrected chi connectivity index (χ2v) is 2.25. The van der Waals surface area contributed by atoms with Gasteiger partial charge in [0.2, 0.25) is 0 Å². The predicted octanol–water partition coefficient (Wildman–Crippen LogP) is 0.549. The molecular weight excluding hydrogens is 126 g/mol. The lowest BCUT2D eigenvalue weighted by Crippen LogP contribution is -2.04. The largest absolute Gasteiger partial charge is 0.397 e. The zero-order valence-electron chi connectivity index (χ0n) is 6.17. The van der Waals surface area contributed by atoms with Crippen molar-refractivity contribution in [1.29, 1.82) is 0 Å². The maximum Gasteiger partial charge on any atom is 0.0497 e. The molecule has 0 amide bonds. The normalized spacial score (nSPS) is 10.2. The first-order chi connectivity index (χ1) is 4.77. The van der Waals surface area contributed by atoms with Crippen LogP contribution in [0.4, 0.5) is 5.69 Å². The van der Waals surface area contributed by atoms with Crippen LogP contribution in [0.25, 0.3) is 0 Å². The van der Waals surface area contributed by atoms with E-state index in [1.807, 2.05) is 12.3 Å². The number of nitrogens with two attached hydrogens (primary N) is 2. The van der Waals surface area contributed by atoms with Gasteiger partial charge in [-0.05, 0) is 13.0 Å². The number of nitrogens with zero attached hydrogens (tertiary/aromatic N) is 1. The SMILES string of the molecule is CCn1cc(N)cc1CN. The van der Waals surface area contributed by atoms with E-state index in [2.05, 4.69) is 11.5 Å². The molecule has 0 fully saturated rings. The summed E-state index contributed by atoms with van der Waals surface area (Å²) in [5.74, 6) is 0. The van der Waals surface area contributed by atoms with E-state index in [-0.39, 0.29) is 0 Å². The summed E-state index contributed by atoms with van der Waals surface area (Å²) in [7, 11) is 0. The third kappa shape index (κ3) is 1.14. The van der Waals surface area contributed by atoms with E-state index < -0.39 is 0 Å². The fraction of sp³-hybridized carbons (Fsp3) is 0.429. The van der Waals surface area contributed by atoms with Crippen LogP contribution >= 0.6 is 0 Å². The molecule has 0 aliphatic carbocycles. The number of aryl methyl sites for hydroxylation is 1. The summed E-state index contributed by atoms with van der Waals surface area (Å²) in [5.41, 5.74) is 12.9. The van der Waals surface area contributed by atoms with Gasteiger partial charge in [0.25, 0.3) is 0 Å². The summed E-state index contributed by atoms with van der Waals surface area (Å²) >= 11 is 0. The number of anilines is 1. The highest BCUT2D eigenvalue weighted by atomic mass is 15.0. The molecule has 1 heterocycles. The van der Waals surface area contributed by atoms with Crippen LogP contribution in [0.2, 0.25) is 0 Å². The average Bonchev–Trinajstić information content (AvgIpc) is 2.30. The topological polar surface area (TPSA) is 57.0 Å². The minimum atomic E-state index is 0.561. The first-order valence-electron chi connectivity index (χ1n) is 3.42. The van der Waals surface area contributed by atoms with Crippen molar-refractivity contribution in [3.8, 4) is 0 Å². The first-order valence-corrected chi connectivity index (χ1v) is 3.42. The highest BCUT2D eigenvalue weighted by Gasteiger charge is 1.98. The van der Waals surface area contributed by atoms with Crippen molar-refractivity contribution in [3.05, 3.63) is 18.0 Å². The molecule has 0 saturated carbocycles. The Morgan fingerprint density at radius 1 is 1.60 bits per heavy atom. The van der Waals surface area contributed by atoms with Crippen LogP contribution in [0.5, 0.6) is 0 Å². The van der Waals surface area contributed by atoms with Gasteiger partial charge in [0, 0.05) is 30.7 Å². The molecule has 0 bridgehead atoms. The molecule has 3 heteroatoms. The minimum absolute atomic E-state index is 0.561. The molecule has 0 unspecified atom stereocenters. The third-order valence-electron chi connectivity index (χ3n) is 1.56. The zero-order chi connectivity index (χ0) is 7.56. The number of hydrogen-bond donors (Lipinski definition) is 2. The molecule has 1 aromatic heterocycles. The smallest absolute Gasteiger partial charge is 0.0497 e. The second-order valence-electron chi connectivity index (χ2n) is 2.25. The summed E-state index contributed by atoms with van der Waals surface area (Å²) in [4.78, 5) is 0. The molecule has 3 nitrogen and oxygen atoms in total. The van der Waals surface area contributed by atoms with E-state index >= 15 is 0 Å². The Hall–Kier alpha value is -0.960. The maximum atomic E-state index is 5.55. The zero-order valence-corrected chi connectivity index (χ0v) is 6.17. The summed E-state index contributed by atoms with van der Waals surface area (Å²) in [5, 5.41) is 0. The van der Waals surface area contributed by atoms with Crippen LogP contribution in [0, 0.1) is 0 Å². The van der Waals surface area contributed by atoms with Crippen molar-refractivity contribution in [2.24, 2.45) is 5.73 Å². The van der Waals surface area contributed by atoms with Gasteiger partial charge in [0.05, 0.1) is 0 Å².